The van der Waals surface area contributed by atoms with E-state index < -0.39 is 5.97 Å². The molecule has 4 nitrogen and oxygen atoms in total. The summed E-state index contributed by atoms with van der Waals surface area (Å²) in [4.78, 5) is 14.1. The second kappa shape index (κ2) is 4.25. The molecule has 0 aromatic carbocycles. The molecular formula is C9H9NO3. The molecule has 1 aromatic rings. The van der Waals surface area contributed by atoms with E-state index in [0.29, 0.717) is 11.4 Å². The van der Waals surface area contributed by atoms with Crippen molar-refractivity contribution in [2.45, 2.75) is 0 Å². The smallest absolute Gasteiger partial charge is 0.328 e. The maximum atomic E-state index is 10.2. The number of carboxylic acid groups (broad SMARTS) is 1. The van der Waals surface area contributed by atoms with Crippen molar-refractivity contribution in [3.05, 3.63) is 30.0 Å². The van der Waals surface area contributed by atoms with Crippen molar-refractivity contribution >= 4 is 12.0 Å². The van der Waals surface area contributed by atoms with Crippen molar-refractivity contribution in [2.24, 2.45) is 0 Å². The molecule has 0 aliphatic heterocycles. The van der Waals surface area contributed by atoms with Crippen LogP contribution in [0.1, 0.15) is 5.56 Å². The molecule has 68 valence electrons. The maximum absolute atomic E-state index is 10.2. The van der Waals surface area contributed by atoms with Gasteiger partial charge in [-0.2, -0.15) is 0 Å². The zero-order chi connectivity index (χ0) is 9.68. The van der Waals surface area contributed by atoms with E-state index in [2.05, 4.69) is 4.98 Å². The van der Waals surface area contributed by atoms with Crippen molar-refractivity contribution in [3.63, 3.8) is 0 Å². The molecular weight excluding hydrogens is 170 g/mol. The summed E-state index contributed by atoms with van der Waals surface area (Å²) in [5, 5.41) is 8.39. The molecule has 13 heavy (non-hydrogen) atoms. The lowest BCUT2D eigenvalue weighted by molar-refractivity contribution is -0.131. The first-order valence-electron chi connectivity index (χ1n) is 3.64. The van der Waals surface area contributed by atoms with E-state index in [9.17, 15) is 4.79 Å². The van der Waals surface area contributed by atoms with Gasteiger partial charge < -0.3 is 9.84 Å². The van der Waals surface area contributed by atoms with Gasteiger partial charge in [0, 0.05) is 17.8 Å². The van der Waals surface area contributed by atoms with Crippen LogP contribution in [0.4, 0.5) is 0 Å². The largest absolute Gasteiger partial charge is 0.481 e. The van der Waals surface area contributed by atoms with Crippen molar-refractivity contribution in [3.8, 4) is 5.88 Å². The fourth-order valence-corrected chi connectivity index (χ4v) is 0.862. The Morgan fingerprint density at radius 3 is 3.08 bits per heavy atom. The van der Waals surface area contributed by atoms with Gasteiger partial charge in [0.1, 0.15) is 0 Å². The van der Waals surface area contributed by atoms with Crippen molar-refractivity contribution in [1.82, 2.24) is 4.98 Å². The average Bonchev–Trinajstić information content (AvgIpc) is 2.15. The monoisotopic (exact) mass is 179 g/mol. The minimum Gasteiger partial charge on any atom is -0.481 e. The van der Waals surface area contributed by atoms with Crippen molar-refractivity contribution in [2.75, 3.05) is 7.11 Å². The lowest BCUT2D eigenvalue weighted by Gasteiger charge is -2.00. The zero-order valence-corrected chi connectivity index (χ0v) is 7.10. The lowest BCUT2D eigenvalue weighted by Crippen LogP contribution is -1.91. The van der Waals surface area contributed by atoms with Gasteiger partial charge in [-0.05, 0) is 18.2 Å². The Balaban J connectivity index is 2.93. The summed E-state index contributed by atoms with van der Waals surface area (Å²) in [6, 6.07) is 3.44. The molecule has 0 bridgehead atoms. The van der Waals surface area contributed by atoms with Crippen LogP contribution in [-0.4, -0.2) is 23.2 Å². The predicted molar refractivity (Wildman–Crippen MR) is 47.5 cm³/mol. The fraction of sp³-hybridized carbons (Fsp3) is 0.111. The van der Waals surface area contributed by atoms with Gasteiger partial charge in [-0.1, -0.05) is 0 Å². The Kier molecular flexibility index (Phi) is 3.03. The van der Waals surface area contributed by atoms with Gasteiger partial charge in [0.15, 0.2) is 0 Å². The fourth-order valence-electron chi connectivity index (χ4n) is 0.862. The van der Waals surface area contributed by atoms with Gasteiger partial charge in [0.25, 0.3) is 0 Å². The van der Waals surface area contributed by atoms with E-state index >= 15 is 0 Å². The zero-order valence-electron chi connectivity index (χ0n) is 7.10. The first-order chi connectivity index (χ1) is 6.24. The van der Waals surface area contributed by atoms with Gasteiger partial charge in [0.05, 0.1) is 7.11 Å². The van der Waals surface area contributed by atoms with Gasteiger partial charge in [-0.3, -0.25) is 0 Å². The molecule has 0 spiro atoms. The highest BCUT2D eigenvalue weighted by molar-refractivity contribution is 5.85. The number of aliphatic carboxylic acids is 1. The number of pyridine rings is 1. The molecule has 4 heteroatoms. The van der Waals surface area contributed by atoms with Crippen molar-refractivity contribution < 1.29 is 14.6 Å². The number of hydrogen-bond donors (Lipinski definition) is 1. The van der Waals surface area contributed by atoms with E-state index in [-0.39, 0.29) is 0 Å². The van der Waals surface area contributed by atoms with E-state index in [1.54, 1.807) is 18.3 Å². The van der Waals surface area contributed by atoms with Crippen LogP contribution in [-0.2, 0) is 4.79 Å². The molecule has 0 radical (unpaired) electrons. The van der Waals surface area contributed by atoms with Crippen LogP contribution in [0.15, 0.2) is 24.4 Å². The molecule has 1 aromatic heterocycles. The lowest BCUT2D eigenvalue weighted by atomic mass is 10.2. The minimum absolute atomic E-state index is 0.417. The third-order valence-electron chi connectivity index (χ3n) is 1.40. The highest BCUT2D eigenvalue weighted by Gasteiger charge is 1.98. The van der Waals surface area contributed by atoms with E-state index in [1.807, 2.05) is 0 Å². The number of rotatable bonds is 3. The van der Waals surface area contributed by atoms with Gasteiger partial charge in [-0.25, -0.2) is 9.78 Å². The number of ether oxygens (including phenoxy) is 1. The highest BCUT2D eigenvalue weighted by Crippen LogP contribution is 2.14. The van der Waals surface area contributed by atoms with Crippen LogP contribution in [0.3, 0.4) is 0 Å². The summed E-state index contributed by atoms with van der Waals surface area (Å²) in [7, 11) is 1.49. The topological polar surface area (TPSA) is 59.4 Å². The highest BCUT2D eigenvalue weighted by atomic mass is 16.5. The Morgan fingerprint density at radius 2 is 2.46 bits per heavy atom. The molecule has 0 unspecified atom stereocenters. The number of nitrogens with zero attached hydrogens (tertiary/aromatic N) is 1. The Bertz CT molecular complexity index is 333. The second-order valence-electron chi connectivity index (χ2n) is 2.27. The molecule has 0 saturated carbocycles. The molecule has 0 atom stereocenters. The van der Waals surface area contributed by atoms with Crippen LogP contribution in [0.5, 0.6) is 5.88 Å². The Labute approximate surface area is 75.5 Å². The first-order valence-corrected chi connectivity index (χ1v) is 3.64. The standard InChI is InChI=1S/C9H9NO3/c1-13-9-7(3-2-6-10-9)4-5-8(11)12/h2-6H,1H3,(H,11,12)/b5-4-. The molecule has 0 saturated heterocycles. The van der Waals surface area contributed by atoms with Gasteiger partial charge in [0.2, 0.25) is 5.88 Å². The maximum Gasteiger partial charge on any atom is 0.328 e. The first kappa shape index (κ1) is 9.25. The molecule has 1 rings (SSSR count). The molecule has 0 fully saturated rings. The van der Waals surface area contributed by atoms with Crippen LogP contribution >= 0.6 is 0 Å². The average molecular weight is 179 g/mol. The van der Waals surface area contributed by atoms with Crippen LogP contribution in [0, 0.1) is 0 Å². The normalized spacial score (nSPS) is 10.2. The summed E-state index contributed by atoms with van der Waals surface area (Å²) in [5.41, 5.74) is 0.646. The number of methoxy groups -OCH3 is 1. The van der Waals surface area contributed by atoms with Crippen molar-refractivity contribution in [1.29, 1.82) is 0 Å². The van der Waals surface area contributed by atoms with Crippen LogP contribution in [0.2, 0.25) is 0 Å². The Morgan fingerprint density at radius 1 is 1.69 bits per heavy atom. The number of carbonyl (C=O) groups is 1. The van der Waals surface area contributed by atoms with E-state index in [4.69, 9.17) is 9.84 Å². The SMILES string of the molecule is COc1ncccc1/C=C\C(=O)O. The van der Waals surface area contributed by atoms with E-state index in [0.717, 1.165) is 6.08 Å². The second-order valence-corrected chi connectivity index (χ2v) is 2.27. The Hall–Kier alpha value is -1.84. The quantitative estimate of drug-likeness (QED) is 0.708. The van der Waals surface area contributed by atoms with Crippen LogP contribution < -0.4 is 4.74 Å². The summed E-state index contributed by atoms with van der Waals surface area (Å²) < 4.78 is 4.92. The summed E-state index contributed by atoms with van der Waals surface area (Å²) in [5.74, 6) is -0.578. The molecule has 0 aliphatic carbocycles. The molecule has 1 N–H and O–H groups in total. The minimum atomic E-state index is -0.995. The van der Waals surface area contributed by atoms with E-state index in [1.165, 1.54) is 13.2 Å². The summed E-state index contributed by atoms with van der Waals surface area (Å²) in [6.45, 7) is 0. The van der Waals surface area contributed by atoms with Crippen LogP contribution in [0.25, 0.3) is 6.08 Å². The third kappa shape index (κ3) is 2.59. The summed E-state index contributed by atoms with van der Waals surface area (Å²) in [6.07, 6.45) is 4.06. The predicted octanol–water partition coefficient (Wildman–Crippen LogP) is 1.19. The summed E-state index contributed by atoms with van der Waals surface area (Å²) >= 11 is 0. The molecule has 1 heterocycles. The molecule has 0 aliphatic rings. The number of carboxylic acids is 1. The van der Waals surface area contributed by atoms with Gasteiger partial charge in [-0.15, -0.1) is 0 Å². The number of hydrogen-bond acceptors (Lipinski definition) is 3. The third-order valence-corrected chi connectivity index (χ3v) is 1.40. The molecule has 0 amide bonds. The number of aromatic nitrogens is 1. The van der Waals surface area contributed by atoms with Gasteiger partial charge >= 0.3 is 5.97 Å².